The summed E-state index contributed by atoms with van der Waals surface area (Å²) in [6.07, 6.45) is 5.60. The van der Waals surface area contributed by atoms with Gasteiger partial charge in [0.25, 0.3) is 0 Å². The zero-order valence-corrected chi connectivity index (χ0v) is 10.5. The number of ether oxygens (including phenoxy) is 1. The lowest BCUT2D eigenvalue weighted by Crippen LogP contribution is -2.25. The number of nitrogens with one attached hydrogen (secondary N) is 1. The Labute approximate surface area is 103 Å². The van der Waals surface area contributed by atoms with Gasteiger partial charge in [-0.3, -0.25) is 0 Å². The van der Waals surface area contributed by atoms with Crippen LogP contribution in [-0.2, 0) is 0 Å². The van der Waals surface area contributed by atoms with Gasteiger partial charge in [0.1, 0.15) is 5.75 Å². The summed E-state index contributed by atoms with van der Waals surface area (Å²) in [6.45, 7) is 2.77. The lowest BCUT2D eigenvalue weighted by atomic mass is 9.95. The monoisotopic (exact) mass is 231 g/mol. The fraction of sp³-hybridized carbons (Fsp3) is 0.600. The van der Waals surface area contributed by atoms with Crippen LogP contribution in [0, 0.1) is 11.8 Å². The zero-order valence-electron chi connectivity index (χ0n) is 10.5. The first-order chi connectivity index (χ1) is 8.38. The third kappa shape index (κ3) is 2.26. The number of fused-ring (bicyclic) bond motifs is 1. The van der Waals surface area contributed by atoms with Crippen molar-refractivity contribution in [3.8, 4) is 5.75 Å². The molecule has 0 spiro atoms. The van der Waals surface area contributed by atoms with E-state index in [4.69, 9.17) is 4.74 Å². The highest BCUT2D eigenvalue weighted by Gasteiger charge is 2.45. The number of para-hydroxylation sites is 2. The van der Waals surface area contributed by atoms with Crippen LogP contribution in [0.4, 0.5) is 5.69 Å². The van der Waals surface area contributed by atoms with Crippen LogP contribution in [0.1, 0.15) is 32.6 Å². The molecule has 1 aromatic rings. The van der Waals surface area contributed by atoms with Gasteiger partial charge in [-0.1, -0.05) is 25.0 Å². The van der Waals surface area contributed by atoms with Gasteiger partial charge in [0.15, 0.2) is 0 Å². The molecule has 1 aromatic carbocycles. The quantitative estimate of drug-likeness (QED) is 0.853. The molecule has 1 N–H and O–H groups in total. The van der Waals surface area contributed by atoms with Gasteiger partial charge < -0.3 is 10.1 Å². The summed E-state index contributed by atoms with van der Waals surface area (Å²) in [6, 6.07) is 8.99. The van der Waals surface area contributed by atoms with Crippen LogP contribution >= 0.6 is 0 Å². The van der Waals surface area contributed by atoms with Gasteiger partial charge in [0, 0.05) is 6.04 Å². The lowest BCUT2D eigenvalue weighted by molar-refractivity contribution is 0.340. The van der Waals surface area contributed by atoms with E-state index in [0.717, 1.165) is 24.2 Å². The maximum atomic E-state index is 5.66. The van der Waals surface area contributed by atoms with E-state index in [9.17, 15) is 0 Å². The minimum Gasteiger partial charge on any atom is -0.492 e. The summed E-state index contributed by atoms with van der Waals surface area (Å²) < 4.78 is 5.66. The second kappa shape index (κ2) is 4.59. The van der Waals surface area contributed by atoms with Crippen molar-refractivity contribution in [1.29, 1.82) is 0 Å². The molecule has 2 saturated carbocycles. The molecule has 2 nitrogen and oxygen atoms in total. The van der Waals surface area contributed by atoms with Crippen molar-refractivity contribution in [2.24, 2.45) is 11.8 Å². The van der Waals surface area contributed by atoms with Crippen molar-refractivity contribution in [2.45, 2.75) is 38.6 Å². The van der Waals surface area contributed by atoms with Gasteiger partial charge in [-0.15, -0.1) is 0 Å². The number of benzene rings is 1. The van der Waals surface area contributed by atoms with E-state index in [1.807, 2.05) is 13.0 Å². The third-order valence-corrected chi connectivity index (χ3v) is 4.11. The van der Waals surface area contributed by atoms with E-state index < -0.39 is 0 Å². The Morgan fingerprint density at radius 1 is 1.29 bits per heavy atom. The van der Waals surface area contributed by atoms with Gasteiger partial charge in [0.05, 0.1) is 12.3 Å². The van der Waals surface area contributed by atoms with Crippen molar-refractivity contribution in [2.75, 3.05) is 11.9 Å². The summed E-state index contributed by atoms with van der Waals surface area (Å²) in [5.74, 6) is 2.94. The first kappa shape index (κ1) is 10.9. The van der Waals surface area contributed by atoms with E-state index >= 15 is 0 Å². The molecule has 17 heavy (non-hydrogen) atoms. The van der Waals surface area contributed by atoms with Crippen molar-refractivity contribution in [1.82, 2.24) is 0 Å². The Kier molecular flexibility index (Phi) is 2.96. The van der Waals surface area contributed by atoms with Gasteiger partial charge in [-0.2, -0.15) is 0 Å². The second-order valence-corrected chi connectivity index (χ2v) is 5.27. The van der Waals surface area contributed by atoms with E-state index in [-0.39, 0.29) is 0 Å². The highest BCUT2D eigenvalue weighted by Crippen LogP contribution is 2.50. The SMILES string of the molecule is CCOc1ccccc1NC1CCCC2CC21. The highest BCUT2D eigenvalue weighted by molar-refractivity contribution is 5.57. The first-order valence-corrected chi connectivity index (χ1v) is 6.87. The summed E-state index contributed by atoms with van der Waals surface area (Å²) >= 11 is 0. The average Bonchev–Trinajstić information content (AvgIpc) is 3.12. The lowest BCUT2D eigenvalue weighted by Gasteiger charge is -2.24. The van der Waals surface area contributed by atoms with Crippen molar-refractivity contribution in [3.05, 3.63) is 24.3 Å². The number of rotatable bonds is 4. The smallest absolute Gasteiger partial charge is 0.142 e. The van der Waals surface area contributed by atoms with Crippen molar-refractivity contribution < 1.29 is 4.74 Å². The molecule has 0 saturated heterocycles. The summed E-state index contributed by atoms with van der Waals surface area (Å²) in [5, 5.41) is 3.70. The Morgan fingerprint density at radius 3 is 3.06 bits per heavy atom. The standard InChI is InChI=1S/C15H21NO/c1-2-17-15-9-4-3-7-14(15)16-13-8-5-6-11-10-12(11)13/h3-4,7,9,11-13,16H,2,5-6,8,10H2,1H3. The molecular weight excluding hydrogens is 210 g/mol. The molecule has 2 fully saturated rings. The molecule has 0 heterocycles. The van der Waals surface area contributed by atoms with Crippen LogP contribution in [-0.4, -0.2) is 12.6 Å². The normalized spacial score (nSPS) is 30.5. The van der Waals surface area contributed by atoms with E-state index in [0.29, 0.717) is 6.04 Å². The van der Waals surface area contributed by atoms with Gasteiger partial charge in [-0.25, -0.2) is 0 Å². The molecule has 3 atom stereocenters. The molecule has 2 aliphatic carbocycles. The summed E-state index contributed by atoms with van der Waals surface area (Å²) in [5.41, 5.74) is 1.17. The Balaban J connectivity index is 1.71. The minimum atomic E-state index is 0.676. The molecule has 0 amide bonds. The van der Waals surface area contributed by atoms with E-state index in [1.54, 1.807) is 0 Å². The molecular formula is C15H21NO. The van der Waals surface area contributed by atoms with Gasteiger partial charge in [-0.05, 0) is 43.7 Å². The Hall–Kier alpha value is -1.18. The molecule has 2 aliphatic rings. The Bertz CT molecular complexity index is 390. The minimum absolute atomic E-state index is 0.676. The summed E-state index contributed by atoms with van der Waals surface area (Å²) in [7, 11) is 0. The molecule has 0 aliphatic heterocycles. The van der Waals surface area contributed by atoms with E-state index in [2.05, 4.69) is 23.5 Å². The molecule has 92 valence electrons. The van der Waals surface area contributed by atoms with E-state index in [1.165, 1.54) is 31.4 Å². The van der Waals surface area contributed by atoms with Gasteiger partial charge >= 0.3 is 0 Å². The molecule has 3 unspecified atom stereocenters. The largest absolute Gasteiger partial charge is 0.492 e. The highest BCUT2D eigenvalue weighted by atomic mass is 16.5. The van der Waals surface area contributed by atoms with Crippen molar-refractivity contribution >= 4 is 5.69 Å². The fourth-order valence-electron chi connectivity index (χ4n) is 3.16. The fourth-order valence-corrected chi connectivity index (χ4v) is 3.16. The second-order valence-electron chi connectivity index (χ2n) is 5.27. The van der Waals surface area contributed by atoms with Crippen LogP contribution in [0.2, 0.25) is 0 Å². The predicted octanol–water partition coefficient (Wildman–Crippen LogP) is 3.69. The zero-order chi connectivity index (χ0) is 11.7. The van der Waals surface area contributed by atoms with Crippen molar-refractivity contribution in [3.63, 3.8) is 0 Å². The van der Waals surface area contributed by atoms with Gasteiger partial charge in [0.2, 0.25) is 0 Å². The number of hydrogen-bond acceptors (Lipinski definition) is 2. The maximum absolute atomic E-state index is 5.66. The third-order valence-electron chi connectivity index (χ3n) is 4.11. The van der Waals surface area contributed by atoms with Crippen LogP contribution in [0.5, 0.6) is 5.75 Å². The average molecular weight is 231 g/mol. The van der Waals surface area contributed by atoms with Crippen LogP contribution < -0.4 is 10.1 Å². The topological polar surface area (TPSA) is 21.3 Å². The molecule has 0 bridgehead atoms. The summed E-state index contributed by atoms with van der Waals surface area (Å²) in [4.78, 5) is 0. The maximum Gasteiger partial charge on any atom is 0.142 e. The number of hydrogen-bond donors (Lipinski definition) is 1. The van der Waals surface area contributed by atoms with Crippen LogP contribution in [0.3, 0.4) is 0 Å². The number of anilines is 1. The first-order valence-electron chi connectivity index (χ1n) is 6.87. The molecule has 3 rings (SSSR count). The van der Waals surface area contributed by atoms with Crippen LogP contribution in [0.15, 0.2) is 24.3 Å². The molecule has 0 radical (unpaired) electrons. The molecule has 2 heteroatoms. The molecule has 0 aromatic heterocycles. The van der Waals surface area contributed by atoms with Crippen LogP contribution in [0.25, 0.3) is 0 Å². The predicted molar refractivity (Wildman–Crippen MR) is 70.5 cm³/mol. The Morgan fingerprint density at radius 2 is 2.18 bits per heavy atom.